The first-order valence-electron chi connectivity index (χ1n) is 5.33. The molecule has 106 valence electrons. The largest absolute Gasteiger partial charge is 0.756 e. The lowest BCUT2D eigenvalue weighted by molar-refractivity contribution is -0.880. The number of carbonyl (C=O) groups excluding carboxylic acids is 1. The van der Waals surface area contributed by atoms with Crippen molar-refractivity contribution in [1.82, 2.24) is 0 Å². The van der Waals surface area contributed by atoms with E-state index in [4.69, 9.17) is 9.63 Å². The van der Waals surface area contributed by atoms with E-state index in [0.717, 1.165) is 6.08 Å². The Hall–Kier alpha value is -0.720. The predicted molar refractivity (Wildman–Crippen MR) is 63.1 cm³/mol. The Bertz CT molecular complexity index is 358. The Morgan fingerprint density at radius 2 is 2.06 bits per heavy atom. The Kier molecular flexibility index (Phi) is 5.71. The number of likely N-dealkylation sites (N-methyl/N-ethyl adjacent to an activating group) is 1. The topological polar surface area (TPSA) is 95.9 Å². The number of rotatable bonds is 7. The van der Waals surface area contributed by atoms with Crippen LogP contribution in [0.2, 0.25) is 0 Å². The Morgan fingerprint density at radius 1 is 1.56 bits per heavy atom. The molecular formula is C10H20NO6P. The summed E-state index contributed by atoms with van der Waals surface area (Å²) in [5.74, 6) is -2.56. The van der Waals surface area contributed by atoms with Crippen molar-refractivity contribution in [3.63, 3.8) is 0 Å². The van der Waals surface area contributed by atoms with Crippen molar-refractivity contribution in [2.45, 2.75) is 19.1 Å². The number of hydrogen-bond acceptors (Lipinski definition) is 5. The predicted octanol–water partition coefficient (Wildman–Crippen LogP) is 0.00540. The maximum Gasteiger partial charge on any atom is 0.332 e. The van der Waals surface area contributed by atoms with E-state index in [-0.39, 0.29) is 17.4 Å². The SMILES string of the molecule is C=CC(=O)OC(CC)(C[N+](C)(C)C)OP(=O)([O-])O. The summed E-state index contributed by atoms with van der Waals surface area (Å²) in [5.41, 5.74) is 0. The summed E-state index contributed by atoms with van der Waals surface area (Å²) >= 11 is 0. The minimum atomic E-state index is -5.03. The van der Waals surface area contributed by atoms with E-state index in [1.54, 1.807) is 28.1 Å². The maximum absolute atomic E-state index is 11.3. The number of phosphoric acid groups is 1. The number of esters is 1. The van der Waals surface area contributed by atoms with Crippen LogP contribution in [0.3, 0.4) is 0 Å². The third kappa shape index (κ3) is 6.88. The Morgan fingerprint density at radius 3 is 2.33 bits per heavy atom. The average Bonchev–Trinajstić information content (AvgIpc) is 2.12. The van der Waals surface area contributed by atoms with E-state index in [9.17, 15) is 14.3 Å². The van der Waals surface area contributed by atoms with Gasteiger partial charge in [0.1, 0.15) is 6.54 Å². The van der Waals surface area contributed by atoms with Crippen LogP contribution in [0.25, 0.3) is 0 Å². The third-order valence-corrected chi connectivity index (χ3v) is 2.55. The van der Waals surface area contributed by atoms with Gasteiger partial charge >= 0.3 is 5.97 Å². The fourth-order valence-corrected chi connectivity index (χ4v) is 2.13. The normalized spacial score (nSPS) is 18.6. The Balaban J connectivity index is 5.25. The molecule has 2 atom stereocenters. The second-order valence-electron chi connectivity index (χ2n) is 4.90. The summed E-state index contributed by atoms with van der Waals surface area (Å²) in [6.07, 6.45) is 0.964. The molecular weight excluding hydrogens is 261 g/mol. The van der Waals surface area contributed by atoms with Crippen molar-refractivity contribution < 1.29 is 32.9 Å². The lowest BCUT2D eigenvalue weighted by Gasteiger charge is -2.39. The molecule has 18 heavy (non-hydrogen) atoms. The van der Waals surface area contributed by atoms with Crippen molar-refractivity contribution in [2.24, 2.45) is 0 Å². The number of hydrogen-bond donors (Lipinski definition) is 1. The molecule has 0 radical (unpaired) electrons. The summed E-state index contributed by atoms with van der Waals surface area (Å²) in [7, 11) is 0.271. The van der Waals surface area contributed by atoms with Crippen LogP contribution < -0.4 is 4.89 Å². The molecule has 0 saturated heterocycles. The van der Waals surface area contributed by atoms with Crippen LogP contribution in [0.15, 0.2) is 12.7 Å². The van der Waals surface area contributed by atoms with E-state index in [1.165, 1.54) is 0 Å². The van der Waals surface area contributed by atoms with Crippen molar-refractivity contribution in [3.8, 4) is 0 Å². The van der Waals surface area contributed by atoms with Gasteiger partial charge in [-0.2, -0.15) is 0 Å². The summed E-state index contributed by atoms with van der Waals surface area (Å²) < 4.78 is 20.7. The Labute approximate surface area is 107 Å². The van der Waals surface area contributed by atoms with Gasteiger partial charge in [-0.3, -0.25) is 9.09 Å². The van der Waals surface area contributed by atoms with Crippen molar-refractivity contribution in [1.29, 1.82) is 0 Å². The molecule has 0 saturated carbocycles. The molecule has 0 aromatic heterocycles. The minimum absolute atomic E-state index is 0.0515. The van der Waals surface area contributed by atoms with Gasteiger partial charge in [0.25, 0.3) is 13.6 Å². The molecule has 0 amide bonds. The van der Waals surface area contributed by atoms with Crippen molar-refractivity contribution >= 4 is 13.8 Å². The highest BCUT2D eigenvalue weighted by atomic mass is 31.2. The van der Waals surface area contributed by atoms with Gasteiger partial charge in [0.05, 0.1) is 21.1 Å². The molecule has 0 aliphatic heterocycles. The molecule has 0 aliphatic carbocycles. The molecule has 0 bridgehead atoms. The van der Waals surface area contributed by atoms with Gasteiger partial charge in [-0.05, 0) is 0 Å². The number of ether oxygens (including phenoxy) is 1. The standard InChI is InChI=1S/C10H20NO6P/c1-6-9(12)16-10(7-2,8-11(3,4)5)17-18(13,14)15/h6H,1,7-8H2,2-5H3,(H-,13,14,15). The van der Waals surface area contributed by atoms with Gasteiger partial charge in [0.2, 0.25) is 0 Å². The lowest BCUT2D eigenvalue weighted by Crippen LogP contribution is -2.52. The van der Waals surface area contributed by atoms with Crippen LogP contribution in [-0.2, 0) is 18.6 Å². The van der Waals surface area contributed by atoms with E-state index in [0.29, 0.717) is 0 Å². The zero-order chi connectivity index (χ0) is 14.6. The second-order valence-corrected chi connectivity index (χ2v) is 6.02. The smallest absolute Gasteiger partial charge is 0.332 e. The number of nitrogens with zero attached hydrogens (tertiary/aromatic N) is 1. The van der Waals surface area contributed by atoms with Crippen LogP contribution in [-0.4, -0.2) is 48.8 Å². The number of carbonyl (C=O) groups is 1. The zero-order valence-electron chi connectivity index (χ0n) is 11.1. The van der Waals surface area contributed by atoms with E-state index in [2.05, 4.69) is 11.1 Å². The molecule has 0 heterocycles. The molecule has 0 aliphatic rings. The summed E-state index contributed by atoms with van der Waals surface area (Å²) in [5, 5.41) is 0. The fourth-order valence-electron chi connectivity index (χ4n) is 1.49. The van der Waals surface area contributed by atoms with Crippen LogP contribution in [0.4, 0.5) is 0 Å². The van der Waals surface area contributed by atoms with Crippen LogP contribution in [0.1, 0.15) is 13.3 Å². The van der Waals surface area contributed by atoms with Gasteiger partial charge in [-0.15, -0.1) is 0 Å². The number of phosphoric ester groups is 1. The molecule has 0 aromatic carbocycles. The first-order valence-corrected chi connectivity index (χ1v) is 6.83. The van der Waals surface area contributed by atoms with E-state index >= 15 is 0 Å². The highest BCUT2D eigenvalue weighted by Gasteiger charge is 2.42. The van der Waals surface area contributed by atoms with Gasteiger partial charge < -0.3 is 19.0 Å². The van der Waals surface area contributed by atoms with Gasteiger partial charge in [0, 0.05) is 12.5 Å². The number of quaternary nitrogens is 1. The van der Waals surface area contributed by atoms with Crippen molar-refractivity contribution in [2.75, 3.05) is 27.7 Å². The van der Waals surface area contributed by atoms with Crippen molar-refractivity contribution in [3.05, 3.63) is 12.7 Å². The maximum atomic E-state index is 11.3. The van der Waals surface area contributed by atoms with Crippen LogP contribution in [0.5, 0.6) is 0 Å². The van der Waals surface area contributed by atoms with Gasteiger partial charge in [0.15, 0.2) is 0 Å². The quantitative estimate of drug-likeness (QED) is 0.232. The first-order chi connectivity index (χ1) is 7.93. The molecule has 0 spiro atoms. The monoisotopic (exact) mass is 281 g/mol. The molecule has 7 nitrogen and oxygen atoms in total. The lowest BCUT2D eigenvalue weighted by atomic mass is 10.2. The van der Waals surface area contributed by atoms with Gasteiger partial charge in [-0.1, -0.05) is 13.5 Å². The third-order valence-electron chi connectivity index (χ3n) is 1.99. The highest BCUT2D eigenvalue weighted by molar-refractivity contribution is 7.44. The fraction of sp³-hybridized carbons (Fsp3) is 0.700. The summed E-state index contributed by atoms with van der Waals surface area (Å²) in [6.45, 7) is 4.86. The average molecular weight is 281 g/mol. The van der Waals surface area contributed by atoms with Crippen LogP contribution in [0, 0.1) is 0 Å². The summed E-state index contributed by atoms with van der Waals surface area (Å²) in [4.78, 5) is 31.0. The van der Waals surface area contributed by atoms with Gasteiger partial charge in [-0.25, -0.2) is 4.79 Å². The molecule has 2 unspecified atom stereocenters. The van der Waals surface area contributed by atoms with E-state index < -0.39 is 19.6 Å². The second kappa shape index (κ2) is 5.95. The first kappa shape index (κ1) is 17.3. The molecule has 0 rings (SSSR count). The molecule has 0 aromatic rings. The zero-order valence-corrected chi connectivity index (χ0v) is 12.0. The van der Waals surface area contributed by atoms with Crippen LogP contribution >= 0.6 is 7.82 Å². The highest BCUT2D eigenvalue weighted by Crippen LogP contribution is 2.40. The molecule has 0 fully saturated rings. The molecule has 1 N–H and O–H groups in total. The van der Waals surface area contributed by atoms with E-state index in [1.807, 2.05) is 0 Å². The molecule has 8 heteroatoms. The summed E-state index contributed by atoms with van der Waals surface area (Å²) in [6, 6.07) is 0. The minimum Gasteiger partial charge on any atom is -0.756 e.